The van der Waals surface area contributed by atoms with Crippen LogP contribution in [0.1, 0.15) is 30.2 Å². The van der Waals surface area contributed by atoms with Crippen molar-refractivity contribution in [1.82, 2.24) is 9.88 Å². The van der Waals surface area contributed by atoms with Crippen molar-refractivity contribution in [2.45, 2.75) is 33.2 Å². The fourth-order valence-corrected chi connectivity index (χ4v) is 4.15. The number of likely N-dealkylation sites (tertiary alicyclic amines) is 1. The summed E-state index contributed by atoms with van der Waals surface area (Å²) in [5.41, 5.74) is 3.03. The Morgan fingerprint density at radius 2 is 2.27 bits per heavy atom. The third-order valence-electron chi connectivity index (χ3n) is 4.28. The fourth-order valence-electron chi connectivity index (χ4n) is 3.14. The van der Waals surface area contributed by atoms with Gasteiger partial charge < -0.3 is 4.98 Å². The molecule has 1 N–H and O–H groups in total. The number of thiazole rings is 1. The van der Waals surface area contributed by atoms with Crippen LogP contribution in [0.15, 0.2) is 23.0 Å². The van der Waals surface area contributed by atoms with Crippen molar-refractivity contribution in [3.8, 4) is 11.3 Å². The van der Waals surface area contributed by atoms with E-state index in [4.69, 9.17) is 11.6 Å². The number of benzene rings is 1. The molecule has 3 nitrogen and oxygen atoms in total. The first-order valence-corrected chi connectivity index (χ1v) is 8.93. The average Bonchev–Trinajstić information content (AvgIpc) is 2.82. The van der Waals surface area contributed by atoms with E-state index in [9.17, 15) is 4.79 Å². The lowest BCUT2D eigenvalue weighted by atomic mass is 10.00. The zero-order valence-corrected chi connectivity index (χ0v) is 14.6. The highest BCUT2D eigenvalue weighted by Crippen LogP contribution is 2.29. The number of nitrogens with one attached hydrogen (secondary N) is 1. The Morgan fingerprint density at radius 3 is 3.00 bits per heavy atom. The molecule has 0 radical (unpaired) electrons. The second kappa shape index (κ2) is 6.57. The predicted octanol–water partition coefficient (Wildman–Crippen LogP) is 4.30. The van der Waals surface area contributed by atoms with Crippen LogP contribution in [-0.4, -0.2) is 23.0 Å². The van der Waals surface area contributed by atoms with Gasteiger partial charge in [0.1, 0.15) is 0 Å². The number of aromatic nitrogens is 1. The number of hydrogen-bond acceptors (Lipinski definition) is 3. The Hall–Kier alpha value is -1.10. The van der Waals surface area contributed by atoms with Gasteiger partial charge in [-0.1, -0.05) is 35.9 Å². The molecule has 3 rings (SSSR count). The van der Waals surface area contributed by atoms with E-state index in [2.05, 4.69) is 16.8 Å². The molecular weight excluding hydrogens is 316 g/mol. The molecule has 0 amide bonds. The predicted molar refractivity (Wildman–Crippen MR) is 93.8 cm³/mol. The highest BCUT2D eigenvalue weighted by Gasteiger charge is 2.19. The first-order valence-electron chi connectivity index (χ1n) is 7.74. The lowest BCUT2D eigenvalue weighted by molar-refractivity contribution is 0.178. The number of H-pyrrole nitrogens is 1. The van der Waals surface area contributed by atoms with Crippen LogP contribution in [0.3, 0.4) is 0 Å². The van der Waals surface area contributed by atoms with Gasteiger partial charge in [-0.15, -0.1) is 0 Å². The van der Waals surface area contributed by atoms with Crippen molar-refractivity contribution in [2.24, 2.45) is 5.92 Å². The second-order valence-electron chi connectivity index (χ2n) is 6.26. The fraction of sp³-hybridized carbons (Fsp3) is 0.471. The van der Waals surface area contributed by atoms with Gasteiger partial charge >= 0.3 is 4.87 Å². The Balaban J connectivity index is 1.89. The first-order chi connectivity index (χ1) is 10.5. The number of aryl methyl sites for hydroxylation is 1. The summed E-state index contributed by atoms with van der Waals surface area (Å²) in [5.74, 6) is 0.741. The standard InChI is InChI=1S/C17H21ClN2OS/c1-11-4-3-7-20(9-11)10-15-16(19-17(21)22-15)13-5-6-14(18)12(2)8-13/h5-6,8,11H,3-4,7,9-10H2,1-2H3,(H,19,21). The van der Waals surface area contributed by atoms with Crippen molar-refractivity contribution in [2.75, 3.05) is 13.1 Å². The molecule has 0 aliphatic carbocycles. The monoisotopic (exact) mass is 336 g/mol. The minimum atomic E-state index is 0.0164. The van der Waals surface area contributed by atoms with Crippen LogP contribution >= 0.6 is 22.9 Å². The number of nitrogens with zero attached hydrogens (tertiary/aromatic N) is 1. The summed E-state index contributed by atoms with van der Waals surface area (Å²) in [6.45, 7) is 7.38. The summed E-state index contributed by atoms with van der Waals surface area (Å²) in [5, 5.41) is 0.757. The normalized spacial score (nSPS) is 19.5. The van der Waals surface area contributed by atoms with E-state index in [1.54, 1.807) is 0 Å². The minimum Gasteiger partial charge on any atom is -0.312 e. The Kier molecular flexibility index (Phi) is 4.71. The van der Waals surface area contributed by atoms with Crippen molar-refractivity contribution >= 4 is 22.9 Å². The Morgan fingerprint density at radius 1 is 1.45 bits per heavy atom. The van der Waals surface area contributed by atoms with Crippen molar-refractivity contribution in [1.29, 1.82) is 0 Å². The highest BCUT2D eigenvalue weighted by atomic mass is 35.5. The summed E-state index contributed by atoms with van der Waals surface area (Å²) in [6.07, 6.45) is 2.55. The molecule has 1 saturated heterocycles. The summed E-state index contributed by atoms with van der Waals surface area (Å²) >= 11 is 7.44. The minimum absolute atomic E-state index is 0.0164. The van der Waals surface area contributed by atoms with E-state index in [1.807, 2.05) is 25.1 Å². The molecule has 1 aliphatic rings. The molecule has 2 aromatic rings. The van der Waals surface area contributed by atoms with Gasteiger partial charge in [0.2, 0.25) is 0 Å². The molecule has 1 atom stereocenters. The van der Waals surface area contributed by atoms with Gasteiger partial charge in [0, 0.05) is 23.0 Å². The molecule has 1 aromatic carbocycles. The molecular formula is C17H21ClN2OS. The summed E-state index contributed by atoms with van der Waals surface area (Å²) in [6, 6.07) is 5.92. The van der Waals surface area contributed by atoms with Crippen LogP contribution in [0.5, 0.6) is 0 Å². The summed E-state index contributed by atoms with van der Waals surface area (Å²) in [4.78, 5) is 18.5. The van der Waals surface area contributed by atoms with Gasteiger partial charge in [-0.3, -0.25) is 9.69 Å². The molecule has 0 spiro atoms. The lowest BCUT2D eigenvalue weighted by Crippen LogP contribution is -2.33. The van der Waals surface area contributed by atoms with Crippen molar-refractivity contribution in [3.63, 3.8) is 0 Å². The molecule has 22 heavy (non-hydrogen) atoms. The van der Waals surface area contributed by atoms with Gasteiger partial charge in [0.25, 0.3) is 0 Å². The molecule has 1 aromatic heterocycles. The van der Waals surface area contributed by atoms with Crippen LogP contribution in [-0.2, 0) is 6.54 Å². The second-order valence-corrected chi connectivity index (χ2v) is 7.73. The maximum absolute atomic E-state index is 11.9. The van der Waals surface area contributed by atoms with Crippen molar-refractivity contribution in [3.05, 3.63) is 43.3 Å². The van der Waals surface area contributed by atoms with E-state index >= 15 is 0 Å². The molecule has 2 heterocycles. The number of aromatic amines is 1. The maximum atomic E-state index is 11.9. The molecule has 1 unspecified atom stereocenters. The summed E-state index contributed by atoms with van der Waals surface area (Å²) in [7, 11) is 0. The van der Waals surface area contributed by atoms with Crippen LogP contribution in [0.2, 0.25) is 5.02 Å². The van der Waals surface area contributed by atoms with Crippen LogP contribution < -0.4 is 4.87 Å². The van der Waals surface area contributed by atoms with E-state index in [0.717, 1.165) is 52.3 Å². The van der Waals surface area contributed by atoms with E-state index in [-0.39, 0.29) is 4.87 Å². The van der Waals surface area contributed by atoms with Gasteiger partial charge in [0.05, 0.1) is 5.69 Å². The number of rotatable bonds is 3. The smallest absolute Gasteiger partial charge is 0.305 e. The third-order valence-corrected chi connectivity index (χ3v) is 5.57. The summed E-state index contributed by atoms with van der Waals surface area (Å²) < 4.78 is 0. The molecule has 118 valence electrons. The first kappa shape index (κ1) is 15.8. The number of piperidine rings is 1. The SMILES string of the molecule is Cc1cc(-c2[nH]c(=O)sc2CN2CCCC(C)C2)ccc1Cl. The topological polar surface area (TPSA) is 36.1 Å². The van der Waals surface area contributed by atoms with E-state index < -0.39 is 0 Å². The molecule has 5 heteroatoms. The molecule has 0 bridgehead atoms. The van der Waals surface area contributed by atoms with Crippen molar-refractivity contribution < 1.29 is 0 Å². The highest BCUT2D eigenvalue weighted by molar-refractivity contribution is 7.09. The van der Waals surface area contributed by atoms with Gasteiger partial charge in [-0.05, 0) is 55.5 Å². The maximum Gasteiger partial charge on any atom is 0.305 e. The third kappa shape index (κ3) is 3.45. The zero-order chi connectivity index (χ0) is 15.7. The van der Waals surface area contributed by atoms with Crippen LogP contribution in [0, 0.1) is 12.8 Å². The quantitative estimate of drug-likeness (QED) is 0.907. The number of halogens is 1. The van der Waals surface area contributed by atoms with E-state index in [0.29, 0.717) is 0 Å². The average molecular weight is 337 g/mol. The zero-order valence-electron chi connectivity index (χ0n) is 13.0. The lowest BCUT2D eigenvalue weighted by Gasteiger charge is -2.30. The Labute approximate surface area is 139 Å². The van der Waals surface area contributed by atoms with Gasteiger partial charge in [-0.25, -0.2) is 0 Å². The molecule has 1 aliphatic heterocycles. The van der Waals surface area contributed by atoms with Gasteiger partial charge in [-0.2, -0.15) is 0 Å². The van der Waals surface area contributed by atoms with Gasteiger partial charge in [0.15, 0.2) is 0 Å². The van der Waals surface area contributed by atoms with Crippen LogP contribution in [0.25, 0.3) is 11.3 Å². The Bertz CT molecular complexity index is 722. The van der Waals surface area contributed by atoms with Crippen LogP contribution in [0.4, 0.5) is 0 Å². The molecule has 1 fully saturated rings. The van der Waals surface area contributed by atoms with E-state index in [1.165, 1.54) is 24.2 Å². The number of hydrogen-bond donors (Lipinski definition) is 1. The largest absolute Gasteiger partial charge is 0.312 e. The molecule has 0 saturated carbocycles.